The molecular weight excluding hydrogens is 260 g/mol. The lowest BCUT2D eigenvalue weighted by molar-refractivity contribution is 0.0692. The minimum absolute atomic E-state index is 0.225. The summed E-state index contributed by atoms with van der Waals surface area (Å²) in [6.45, 7) is 0.537. The van der Waals surface area contributed by atoms with Gasteiger partial charge in [0.2, 0.25) is 0 Å². The Morgan fingerprint density at radius 2 is 2.05 bits per heavy atom. The summed E-state index contributed by atoms with van der Waals surface area (Å²) in [7, 11) is 0. The maximum Gasteiger partial charge on any atom is 0.339 e. The Balaban J connectivity index is 2.35. The molecule has 2 aromatic rings. The quantitative estimate of drug-likeness (QED) is 0.818. The Labute approximate surface area is 116 Å². The fourth-order valence-corrected chi connectivity index (χ4v) is 2.35. The summed E-state index contributed by atoms with van der Waals surface area (Å²) in [5.41, 5.74) is 0.225. The molecule has 2 aromatic carbocycles. The Hall–Kier alpha value is -1.68. The molecular formula is C15H16O3S. The minimum atomic E-state index is -0.953. The van der Waals surface area contributed by atoms with Gasteiger partial charge in [0.25, 0.3) is 0 Å². The van der Waals surface area contributed by atoms with Gasteiger partial charge in [-0.15, -0.1) is 0 Å². The molecule has 1 N–H and O–H groups in total. The zero-order valence-electron chi connectivity index (χ0n) is 10.8. The van der Waals surface area contributed by atoms with Crippen LogP contribution < -0.4 is 4.74 Å². The lowest BCUT2D eigenvalue weighted by atomic mass is 10.1. The summed E-state index contributed by atoms with van der Waals surface area (Å²) in [4.78, 5) is 11.3. The van der Waals surface area contributed by atoms with Gasteiger partial charge < -0.3 is 9.84 Å². The number of hydrogen-bond acceptors (Lipinski definition) is 3. The first-order valence-corrected chi connectivity index (χ1v) is 7.50. The second kappa shape index (κ2) is 6.48. The summed E-state index contributed by atoms with van der Waals surface area (Å²) >= 11 is 1.75. The van der Waals surface area contributed by atoms with Crippen molar-refractivity contribution in [2.45, 2.75) is 6.42 Å². The molecule has 100 valence electrons. The van der Waals surface area contributed by atoms with Gasteiger partial charge in [-0.3, -0.25) is 0 Å². The van der Waals surface area contributed by atoms with E-state index < -0.39 is 5.97 Å². The van der Waals surface area contributed by atoms with Crippen molar-refractivity contribution in [1.29, 1.82) is 0 Å². The van der Waals surface area contributed by atoms with Crippen molar-refractivity contribution in [1.82, 2.24) is 0 Å². The number of carbonyl (C=O) groups is 1. The summed E-state index contributed by atoms with van der Waals surface area (Å²) in [5, 5.41) is 11.1. The molecule has 0 atom stereocenters. The molecule has 0 fully saturated rings. The molecule has 0 saturated heterocycles. The van der Waals surface area contributed by atoms with Crippen molar-refractivity contribution in [2.24, 2.45) is 0 Å². The highest BCUT2D eigenvalue weighted by Crippen LogP contribution is 2.30. The molecule has 0 amide bonds. The molecule has 0 bridgehead atoms. The lowest BCUT2D eigenvalue weighted by Gasteiger charge is -2.12. The smallest absolute Gasteiger partial charge is 0.339 e. The molecule has 3 nitrogen and oxygen atoms in total. The second-order valence-corrected chi connectivity index (χ2v) is 5.15. The number of rotatable bonds is 6. The molecule has 0 aliphatic heterocycles. The molecule has 4 heteroatoms. The maximum atomic E-state index is 11.3. The molecule has 0 aromatic heterocycles. The molecule has 2 rings (SSSR count). The van der Waals surface area contributed by atoms with E-state index in [9.17, 15) is 9.90 Å². The average molecular weight is 276 g/mol. The molecule has 0 saturated carbocycles. The Bertz CT molecular complexity index is 581. The first-order valence-electron chi connectivity index (χ1n) is 6.11. The second-order valence-electron chi connectivity index (χ2n) is 4.16. The zero-order chi connectivity index (χ0) is 13.7. The standard InChI is InChI=1S/C15H16O3S/c1-19-10-4-9-18-14-12-6-3-2-5-11(12)7-8-13(14)15(16)17/h2-3,5-8H,4,9-10H2,1H3,(H,16,17). The molecule has 0 spiro atoms. The summed E-state index contributed by atoms with van der Waals surface area (Å²) < 4.78 is 5.72. The van der Waals surface area contributed by atoms with E-state index >= 15 is 0 Å². The van der Waals surface area contributed by atoms with Crippen molar-refractivity contribution in [3.8, 4) is 5.75 Å². The molecule has 0 aliphatic rings. The SMILES string of the molecule is CSCCCOc1c(C(=O)O)ccc2ccccc12. The van der Waals surface area contributed by atoms with Crippen molar-refractivity contribution in [3.05, 3.63) is 42.0 Å². The van der Waals surface area contributed by atoms with Gasteiger partial charge in [-0.1, -0.05) is 30.3 Å². The normalized spacial score (nSPS) is 10.6. The molecule has 0 heterocycles. The molecule has 0 radical (unpaired) electrons. The number of carboxylic acids is 1. The Morgan fingerprint density at radius 1 is 1.26 bits per heavy atom. The van der Waals surface area contributed by atoms with Gasteiger partial charge in [-0.25, -0.2) is 4.79 Å². The number of carboxylic acid groups (broad SMARTS) is 1. The highest BCUT2D eigenvalue weighted by atomic mass is 32.2. The fraction of sp³-hybridized carbons (Fsp3) is 0.267. The van der Waals surface area contributed by atoms with E-state index in [1.807, 2.05) is 36.6 Å². The van der Waals surface area contributed by atoms with E-state index in [-0.39, 0.29) is 5.56 Å². The van der Waals surface area contributed by atoms with Crippen LogP contribution in [0.15, 0.2) is 36.4 Å². The third-order valence-corrected chi connectivity index (χ3v) is 3.55. The summed E-state index contributed by atoms with van der Waals surface area (Å²) in [5.74, 6) is 0.532. The predicted octanol–water partition coefficient (Wildman–Crippen LogP) is 3.67. The highest BCUT2D eigenvalue weighted by Gasteiger charge is 2.14. The minimum Gasteiger partial charge on any atom is -0.492 e. The highest BCUT2D eigenvalue weighted by molar-refractivity contribution is 7.98. The van der Waals surface area contributed by atoms with Gasteiger partial charge in [0, 0.05) is 5.39 Å². The van der Waals surface area contributed by atoms with Gasteiger partial charge in [-0.2, -0.15) is 11.8 Å². The monoisotopic (exact) mass is 276 g/mol. The van der Waals surface area contributed by atoms with Crippen LogP contribution in [0.4, 0.5) is 0 Å². The van der Waals surface area contributed by atoms with Gasteiger partial charge in [0.05, 0.1) is 6.61 Å². The van der Waals surface area contributed by atoms with Gasteiger partial charge >= 0.3 is 5.97 Å². The number of ether oxygens (including phenoxy) is 1. The number of hydrogen-bond donors (Lipinski definition) is 1. The summed E-state index contributed by atoms with van der Waals surface area (Å²) in [6, 6.07) is 11.1. The van der Waals surface area contributed by atoms with E-state index in [2.05, 4.69) is 0 Å². The molecule has 0 aliphatic carbocycles. The van der Waals surface area contributed by atoms with Gasteiger partial charge in [-0.05, 0) is 29.9 Å². The van der Waals surface area contributed by atoms with Crippen LogP contribution in [0.25, 0.3) is 10.8 Å². The third kappa shape index (κ3) is 3.20. The van der Waals surface area contributed by atoms with Gasteiger partial charge in [0.1, 0.15) is 11.3 Å². The summed E-state index contributed by atoms with van der Waals surface area (Å²) in [6.07, 6.45) is 2.95. The fourth-order valence-electron chi connectivity index (χ4n) is 1.94. The van der Waals surface area contributed by atoms with E-state index in [0.29, 0.717) is 12.4 Å². The van der Waals surface area contributed by atoms with Crippen LogP contribution in [-0.2, 0) is 0 Å². The Kier molecular flexibility index (Phi) is 4.68. The molecule has 0 unspecified atom stereocenters. The van der Waals surface area contributed by atoms with Crippen LogP contribution in [0, 0.1) is 0 Å². The van der Waals surface area contributed by atoms with Crippen LogP contribution in [0.2, 0.25) is 0 Å². The van der Waals surface area contributed by atoms with Crippen LogP contribution >= 0.6 is 11.8 Å². The van der Waals surface area contributed by atoms with E-state index in [0.717, 1.165) is 22.9 Å². The largest absolute Gasteiger partial charge is 0.492 e. The van der Waals surface area contributed by atoms with Crippen molar-refractivity contribution < 1.29 is 14.6 Å². The number of thioether (sulfide) groups is 1. The van der Waals surface area contributed by atoms with Crippen molar-refractivity contribution in [2.75, 3.05) is 18.6 Å². The van der Waals surface area contributed by atoms with E-state index in [4.69, 9.17) is 4.74 Å². The van der Waals surface area contributed by atoms with Crippen molar-refractivity contribution >= 4 is 28.5 Å². The third-order valence-electron chi connectivity index (χ3n) is 2.85. The lowest BCUT2D eigenvalue weighted by Crippen LogP contribution is -2.05. The molecule has 19 heavy (non-hydrogen) atoms. The van der Waals surface area contributed by atoms with E-state index in [1.165, 1.54) is 0 Å². The topological polar surface area (TPSA) is 46.5 Å². The number of aromatic carboxylic acids is 1. The first kappa shape index (κ1) is 13.7. The maximum absolute atomic E-state index is 11.3. The van der Waals surface area contributed by atoms with E-state index in [1.54, 1.807) is 17.8 Å². The van der Waals surface area contributed by atoms with Crippen LogP contribution in [-0.4, -0.2) is 29.7 Å². The predicted molar refractivity (Wildman–Crippen MR) is 79.4 cm³/mol. The van der Waals surface area contributed by atoms with Crippen LogP contribution in [0.1, 0.15) is 16.8 Å². The zero-order valence-corrected chi connectivity index (χ0v) is 11.6. The van der Waals surface area contributed by atoms with Crippen LogP contribution in [0.3, 0.4) is 0 Å². The average Bonchev–Trinajstić information content (AvgIpc) is 2.43. The van der Waals surface area contributed by atoms with Gasteiger partial charge in [0.15, 0.2) is 0 Å². The number of benzene rings is 2. The van der Waals surface area contributed by atoms with Crippen LogP contribution in [0.5, 0.6) is 5.75 Å². The number of fused-ring (bicyclic) bond motifs is 1. The first-order chi connectivity index (χ1) is 9.24. The van der Waals surface area contributed by atoms with Crippen molar-refractivity contribution in [3.63, 3.8) is 0 Å². The Morgan fingerprint density at radius 3 is 2.79 bits per heavy atom.